The Morgan fingerprint density at radius 1 is 1.10 bits per heavy atom. The molecule has 0 unspecified atom stereocenters. The molecule has 0 spiro atoms. The Bertz CT molecular complexity index is 801. The molecule has 1 saturated heterocycles. The van der Waals surface area contributed by atoms with Crippen LogP contribution in [-0.4, -0.2) is 53.1 Å². The number of imide groups is 1. The van der Waals surface area contributed by atoms with Crippen LogP contribution in [0.4, 0.5) is 14.5 Å². The summed E-state index contributed by atoms with van der Waals surface area (Å²) in [5, 5.41) is 2.12. The van der Waals surface area contributed by atoms with Crippen LogP contribution in [0, 0.1) is 23.5 Å². The Kier molecular flexibility index (Phi) is 6.24. The van der Waals surface area contributed by atoms with Crippen molar-refractivity contribution in [2.45, 2.75) is 32.6 Å². The monoisotopic (exact) mass is 407 g/mol. The number of hydrogen-bond acceptors (Lipinski definition) is 4. The third-order valence-electron chi connectivity index (χ3n) is 5.52. The predicted molar refractivity (Wildman–Crippen MR) is 99.4 cm³/mol. The van der Waals surface area contributed by atoms with Crippen LogP contribution in [0.2, 0.25) is 0 Å². The van der Waals surface area contributed by atoms with Gasteiger partial charge in [0.1, 0.15) is 23.9 Å². The van der Waals surface area contributed by atoms with Gasteiger partial charge in [-0.1, -0.05) is 18.9 Å². The number of para-hydroxylation sites is 1. The smallest absolute Gasteiger partial charge is 0.244 e. The lowest BCUT2D eigenvalue weighted by Crippen LogP contribution is -2.45. The Hall–Kier alpha value is -2.84. The van der Waals surface area contributed by atoms with Crippen LogP contribution in [0.15, 0.2) is 18.2 Å². The number of nitrogens with one attached hydrogen (secondary N) is 1. The minimum Gasteiger partial charge on any atom is -0.332 e. The average molecular weight is 407 g/mol. The predicted octanol–water partition coefficient (Wildman–Crippen LogP) is 1.93. The molecule has 29 heavy (non-hydrogen) atoms. The van der Waals surface area contributed by atoms with Crippen molar-refractivity contribution in [3.05, 3.63) is 29.8 Å². The number of likely N-dealkylation sites (tertiary alicyclic amines) is 1. The lowest BCUT2D eigenvalue weighted by molar-refractivity contribution is -0.146. The number of benzene rings is 1. The highest BCUT2D eigenvalue weighted by Gasteiger charge is 2.48. The van der Waals surface area contributed by atoms with Gasteiger partial charge in [0.25, 0.3) is 0 Å². The summed E-state index contributed by atoms with van der Waals surface area (Å²) in [6.07, 6.45) is 3.06. The first-order chi connectivity index (χ1) is 13.8. The lowest BCUT2D eigenvalue weighted by Gasteiger charge is -2.23. The fourth-order valence-corrected chi connectivity index (χ4v) is 3.97. The molecule has 0 radical (unpaired) electrons. The first kappa shape index (κ1) is 20.9. The highest BCUT2D eigenvalue weighted by Crippen LogP contribution is 2.37. The zero-order valence-corrected chi connectivity index (χ0v) is 16.1. The maximum Gasteiger partial charge on any atom is 0.244 e. The fourth-order valence-electron chi connectivity index (χ4n) is 3.97. The summed E-state index contributed by atoms with van der Waals surface area (Å²) in [6, 6.07) is 3.18. The fraction of sp³-hybridized carbons (Fsp3) is 0.500. The Morgan fingerprint density at radius 3 is 2.17 bits per heavy atom. The number of amides is 4. The number of likely N-dealkylation sites (N-methyl/N-ethyl adjacent to an activating group) is 1. The molecule has 2 aliphatic rings. The molecular formula is C20H23F2N3O4. The van der Waals surface area contributed by atoms with Crippen LogP contribution in [0.1, 0.15) is 32.6 Å². The molecule has 1 saturated carbocycles. The molecule has 156 valence electrons. The number of hydrogen-bond donors (Lipinski definition) is 1. The topological polar surface area (TPSA) is 86.8 Å². The van der Waals surface area contributed by atoms with E-state index in [0.717, 1.165) is 34.8 Å². The van der Waals surface area contributed by atoms with Gasteiger partial charge in [-0.05, 0) is 31.9 Å². The van der Waals surface area contributed by atoms with Gasteiger partial charge in [0.05, 0.1) is 18.4 Å². The van der Waals surface area contributed by atoms with Gasteiger partial charge in [-0.15, -0.1) is 0 Å². The molecule has 1 N–H and O–H groups in total. The SMILES string of the molecule is CCN(CC(=O)Nc1c(F)cccc1F)C(=O)CN1C(=O)[C@H]2CCCC[C@@H]2C1=O. The number of carbonyl (C=O) groups is 4. The average Bonchev–Trinajstić information content (AvgIpc) is 2.94. The second-order valence-electron chi connectivity index (χ2n) is 7.31. The normalized spacial score (nSPS) is 21.1. The number of anilines is 1. The van der Waals surface area contributed by atoms with Gasteiger partial charge in [0.2, 0.25) is 23.6 Å². The van der Waals surface area contributed by atoms with Gasteiger partial charge < -0.3 is 10.2 Å². The van der Waals surface area contributed by atoms with E-state index in [-0.39, 0.29) is 30.2 Å². The standard InChI is InChI=1S/C20H23F2N3O4/c1-2-24(10-16(26)23-18-14(21)8-5-9-15(18)22)17(27)11-25-19(28)12-6-3-4-7-13(12)20(25)29/h5,8-9,12-13H,2-4,6-7,10-11H2,1H3,(H,23,26)/t12-,13-/m0/s1. The molecule has 9 heteroatoms. The summed E-state index contributed by atoms with van der Waals surface area (Å²) in [5.74, 6) is -4.58. The van der Waals surface area contributed by atoms with Crippen molar-refractivity contribution < 1.29 is 28.0 Å². The van der Waals surface area contributed by atoms with E-state index < -0.39 is 42.2 Å². The Labute approximate surface area is 167 Å². The van der Waals surface area contributed by atoms with Crippen molar-refractivity contribution in [1.82, 2.24) is 9.80 Å². The molecule has 1 aliphatic carbocycles. The first-order valence-electron chi connectivity index (χ1n) is 9.70. The molecule has 2 atom stereocenters. The molecular weight excluding hydrogens is 384 g/mol. The molecule has 2 fully saturated rings. The van der Waals surface area contributed by atoms with Crippen molar-refractivity contribution in [2.24, 2.45) is 11.8 Å². The van der Waals surface area contributed by atoms with E-state index in [0.29, 0.717) is 12.8 Å². The minimum atomic E-state index is -0.927. The van der Waals surface area contributed by atoms with Crippen LogP contribution in [0.25, 0.3) is 0 Å². The molecule has 7 nitrogen and oxygen atoms in total. The van der Waals surface area contributed by atoms with Crippen molar-refractivity contribution in [3.8, 4) is 0 Å². The zero-order valence-electron chi connectivity index (χ0n) is 16.1. The Balaban J connectivity index is 1.62. The van der Waals surface area contributed by atoms with Crippen LogP contribution in [0.5, 0.6) is 0 Å². The van der Waals surface area contributed by atoms with E-state index in [1.807, 2.05) is 0 Å². The molecule has 3 rings (SSSR count). The quantitative estimate of drug-likeness (QED) is 0.730. The molecule has 1 aliphatic heterocycles. The second-order valence-corrected chi connectivity index (χ2v) is 7.31. The zero-order chi connectivity index (χ0) is 21.1. The van der Waals surface area contributed by atoms with E-state index in [9.17, 15) is 28.0 Å². The molecule has 0 bridgehead atoms. The van der Waals surface area contributed by atoms with E-state index in [4.69, 9.17) is 0 Å². The van der Waals surface area contributed by atoms with Crippen LogP contribution >= 0.6 is 0 Å². The van der Waals surface area contributed by atoms with Crippen molar-refractivity contribution >= 4 is 29.3 Å². The van der Waals surface area contributed by atoms with Gasteiger partial charge in [-0.2, -0.15) is 0 Å². The minimum absolute atomic E-state index is 0.134. The summed E-state index contributed by atoms with van der Waals surface area (Å²) < 4.78 is 27.3. The maximum absolute atomic E-state index is 13.7. The summed E-state index contributed by atoms with van der Waals surface area (Å²) in [7, 11) is 0. The highest BCUT2D eigenvalue weighted by molar-refractivity contribution is 6.07. The molecule has 1 heterocycles. The van der Waals surface area contributed by atoms with Crippen LogP contribution in [-0.2, 0) is 19.2 Å². The first-order valence-corrected chi connectivity index (χ1v) is 9.70. The maximum atomic E-state index is 13.7. The number of nitrogens with zero attached hydrogens (tertiary/aromatic N) is 2. The van der Waals surface area contributed by atoms with E-state index in [2.05, 4.69) is 5.32 Å². The third-order valence-corrected chi connectivity index (χ3v) is 5.52. The van der Waals surface area contributed by atoms with Crippen molar-refractivity contribution in [1.29, 1.82) is 0 Å². The van der Waals surface area contributed by atoms with Gasteiger partial charge in [0, 0.05) is 6.54 Å². The summed E-state index contributed by atoms with van der Waals surface area (Å²) in [4.78, 5) is 51.9. The van der Waals surface area contributed by atoms with Gasteiger partial charge >= 0.3 is 0 Å². The highest BCUT2D eigenvalue weighted by atomic mass is 19.1. The summed E-state index contributed by atoms with van der Waals surface area (Å²) in [5.41, 5.74) is -0.588. The molecule has 4 amide bonds. The number of carbonyl (C=O) groups excluding carboxylic acids is 4. The van der Waals surface area contributed by atoms with Gasteiger partial charge in [-0.3, -0.25) is 24.1 Å². The number of fused-ring (bicyclic) bond motifs is 1. The van der Waals surface area contributed by atoms with E-state index >= 15 is 0 Å². The van der Waals surface area contributed by atoms with Gasteiger partial charge in [-0.25, -0.2) is 8.78 Å². The lowest BCUT2D eigenvalue weighted by atomic mass is 9.81. The van der Waals surface area contributed by atoms with Gasteiger partial charge in [0.15, 0.2) is 0 Å². The number of halogens is 2. The third kappa shape index (κ3) is 4.28. The van der Waals surface area contributed by atoms with Crippen molar-refractivity contribution in [2.75, 3.05) is 25.0 Å². The molecule has 1 aromatic carbocycles. The van der Waals surface area contributed by atoms with Crippen LogP contribution < -0.4 is 5.32 Å². The van der Waals surface area contributed by atoms with E-state index in [1.165, 1.54) is 6.07 Å². The van der Waals surface area contributed by atoms with Crippen LogP contribution in [0.3, 0.4) is 0 Å². The second kappa shape index (κ2) is 8.67. The molecule has 1 aromatic rings. The molecule has 0 aromatic heterocycles. The summed E-state index contributed by atoms with van der Waals surface area (Å²) >= 11 is 0. The number of rotatable bonds is 6. The Morgan fingerprint density at radius 2 is 1.66 bits per heavy atom. The summed E-state index contributed by atoms with van der Waals surface area (Å²) in [6.45, 7) is 0.878. The van der Waals surface area contributed by atoms with E-state index in [1.54, 1.807) is 6.92 Å². The van der Waals surface area contributed by atoms with Crippen molar-refractivity contribution in [3.63, 3.8) is 0 Å². The largest absolute Gasteiger partial charge is 0.332 e.